The van der Waals surface area contributed by atoms with Crippen LogP contribution in [0.15, 0.2) is 125 Å². The number of fused-ring (bicyclic) bond motifs is 1. The minimum Gasteiger partial charge on any atom is -0.387 e. The third kappa shape index (κ3) is 13.0. The average molecular weight is 648 g/mol. The molecule has 3 heterocycles. The number of rotatable bonds is 8. The molecule has 1 aliphatic heterocycles. The number of nitriles is 1. The Labute approximate surface area is 286 Å². The topological polar surface area (TPSA) is 84.7 Å². The van der Waals surface area contributed by atoms with Gasteiger partial charge in [0.05, 0.1) is 23.5 Å². The SMILES string of the molecule is C/C=C\C.C=C.C=C(Nc1ccc(C#N)c(NC)c1)c1nn(Cc2ccc(F)cc2)c2c1CN(C)CC2.C=CC=C.C=Cc1ccc[nH]1. The molecule has 0 fully saturated rings. The first-order chi connectivity index (χ1) is 23.2. The lowest BCUT2D eigenvalue weighted by Gasteiger charge is -2.24. The normalized spacial score (nSPS) is 11.2. The molecular weight excluding hydrogens is 597 g/mol. The van der Waals surface area contributed by atoms with E-state index < -0.39 is 0 Å². The van der Waals surface area contributed by atoms with Crippen LogP contribution in [0, 0.1) is 17.1 Å². The van der Waals surface area contributed by atoms with Gasteiger partial charge in [-0.05, 0) is 75.0 Å². The van der Waals surface area contributed by atoms with Crippen molar-refractivity contribution in [1.82, 2.24) is 19.7 Å². The van der Waals surface area contributed by atoms with Crippen molar-refractivity contribution in [2.45, 2.75) is 33.4 Å². The number of H-pyrrole nitrogens is 1. The van der Waals surface area contributed by atoms with Crippen molar-refractivity contribution in [3.63, 3.8) is 0 Å². The summed E-state index contributed by atoms with van der Waals surface area (Å²) in [5, 5.41) is 20.5. The molecule has 252 valence electrons. The number of aromatic nitrogens is 3. The second kappa shape index (κ2) is 22.8. The van der Waals surface area contributed by atoms with E-state index in [1.807, 2.05) is 61.1 Å². The molecule has 2 aromatic heterocycles. The van der Waals surface area contributed by atoms with E-state index in [0.29, 0.717) is 17.8 Å². The fraction of sp³-hybridized carbons (Fsp3) is 0.200. The van der Waals surface area contributed by atoms with Crippen molar-refractivity contribution >= 4 is 23.1 Å². The van der Waals surface area contributed by atoms with E-state index in [2.05, 4.69) is 73.1 Å². The van der Waals surface area contributed by atoms with Gasteiger partial charge in [0.2, 0.25) is 0 Å². The molecule has 0 radical (unpaired) electrons. The Hall–Kier alpha value is -5.65. The van der Waals surface area contributed by atoms with Crippen molar-refractivity contribution < 1.29 is 4.39 Å². The largest absolute Gasteiger partial charge is 0.387 e. The summed E-state index contributed by atoms with van der Waals surface area (Å²) in [5.41, 5.74) is 8.13. The minimum atomic E-state index is -0.241. The van der Waals surface area contributed by atoms with Crippen LogP contribution < -0.4 is 10.6 Å². The van der Waals surface area contributed by atoms with Crippen LogP contribution >= 0.6 is 0 Å². The highest BCUT2D eigenvalue weighted by molar-refractivity contribution is 5.78. The highest BCUT2D eigenvalue weighted by Crippen LogP contribution is 2.29. The van der Waals surface area contributed by atoms with Crippen molar-refractivity contribution in [3.8, 4) is 6.07 Å². The highest BCUT2D eigenvalue weighted by Gasteiger charge is 2.25. The molecule has 0 saturated carbocycles. The molecule has 0 amide bonds. The van der Waals surface area contributed by atoms with Crippen LogP contribution in [0.3, 0.4) is 0 Å². The summed E-state index contributed by atoms with van der Waals surface area (Å²) in [6.07, 6.45) is 11.8. The zero-order chi connectivity index (χ0) is 35.9. The third-order valence-corrected chi connectivity index (χ3v) is 6.90. The molecule has 4 aromatic rings. The predicted molar refractivity (Wildman–Crippen MR) is 204 cm³/mol. The van der Waals surface area contributed by atoms with Gasteiger partial charge in [0, 0.05) is 55.4 Å². The number of nitrogens with one attached hydrogen (secondary N) is 3. The Morgan fingerprint density at radius 2 is 1.73 bits per heavy atom. The van der Waals surface area contributed by atoms with E-state index in [1.54, 1.807) is 43.5 Å². The number of aromatic amines is 1. The Kier molecular flexibility index (Phi) is 19.2. The van der Waals surface area contributed by atoms with E-state index in [4.69, 9.17) is 5.10 Å². The molecule has 0 atom stereocenters. The number of allylic oxidation sites excluding steroid dienone is 4. The summed E-state index contributed by atoms with van der Waals surface area (Å²) in [6.45, 7) is 26.9. The number of hydrogen-bond acceptors (Lipinski definition) is 5. The van der Waals surface area contributed by atoms with Gasteiger partial charge in [0.1, 0.15) is 17.6 Å². The van der Waals surface area contributed by atoms with Crippen LogP contribution in [0.4, 0.5) is 15.8 Å². The number of nitrogens with zero attached hydrogens (tertiary/aromatic N) is 4. The Morgan fingerprint density at radius 3 is 2.23 bits per heavy atom. The van der Waals surface area contributed by atoms with Crippen molar-refractivity contribution in [1.29, 1.82) is 5.26 Å². The van der Waals surface area contributed by atoms with Gasteiger partial charge in [-0.15, -0.1) is 13.2 Å². The quantitative estimate of drug-likeness (QED) is 0.131. The first kappa shape index (κ1) is 40.4. The van der Waals surface area contributed by atoms with Gasteiger partial charge in [-0.25, -0.2) is 4.39 Å². The summed E-state index contributed by atoms with van der Waals surface area (Å²) in [5.74, 6) is -0.241. The average Bonchev–Trinajstić information content (AvgIpc) is 3.79. The predicted octanol–water partition coefficient (Wildman–Crippen LogP) is 9.46. The van der Waals surface area contributed by atoms with Crippen LogP contribution in [0.2, 0.25) is 0 Å². The van der Waals surface area contributed by atoms with Gasteiger partial charge in [-0.2, -0.15) is 10.4 Å². The van der Waals surface area contributed by atoms with Crippen molar-refractivity contribution in [2.75, 3.05) is 31.3 Å². The fourth-order valence-corrected chi connectivity index (χ4v) is 4.39. The van der Waals surface area contributed by atoms with Gasteiger partial charge < -0.3 is 20.5 Å². The molecule has 0 unspecified atom stereocenters. The molecule has 5 rings (SSSR count). The minimum absolute atomic E-state index is 0.241. The Balaban J connectivity index is 0.000000559. The number of likely N-dealkylation sites (N-methyl/N-ethyl adjacent to an activating group) is 1. The molecule has 0 bridgehead atoms. The maximum absolute atomic E-state index is 13.3. The second-order valence-corrected chi connectivity index (χ2v) is 10.2. The summed E-state index contributed by atoms with van der Waals surface area (Å²) >= 11 is 0. The van der Waals surface area contributed by atoms with Crippen molar-refractivity contribution in [2.24, 2.45) is 0 Å². The van der Waals surface area contributed by atoms with Gasteiger partial charge in [-0.3, -0.25) is 4.68 Å². The number of halogens is 1. The molecule has 3 N–H and O–H groups in total. The zero-order valence-electron chi connectivity index (χ0n) is 28.9. The van der Waals surface area contributed by atoms with Gasteiger partial charge >= 0.3 is 0 Å². The van der Waals surface area contributed by atoms with E-state index >= 15 is 0 Å². The lowest BCUT2D eigenvalue weighted by atomic mass is 10.0. The maximum Gasteiger partial charge on any atom is 0.123 e. The van der Waals surface area contributed by atoms with Crippen LogP contribution in [0.5, 0.6) is 0 Å². The number of anilines is 2. The third-order valence-electron chi connectivity index (χ3n) is 6.90. The molecule has 2 aromatic carbocycles. The molecule has 0 spiro atoms. The summed E-state index contributed by atoms with van der Waals surface area (Å²) < 4.78 is 15.3. The van der Waals surface area contributed by atoms with Crippen LogP contribution in [0.1, 0.15) is 47.6 Å². The lowest BCUT2D eigenvalue weighted by molar-refractivity contribution is 0.308. The van der Waals surface area contributed by atoms with E-state index in [1.165, 1.54) is 17.8 Å². The molecule has 0 aliphatic carbocycles. The van der Waals surface area contributed by atoms with Gasteiger partial charge in [0.25, 0.3) is 0 Å². The van der Waals surface area contributed by atoms with E-state index in [9.17, 15) is 9.65 Å². The van der Waals surface area contributed by atoms with Crippen LogP contribution in [-0.2, 0) is 19.5 Å². The van der Waals surface area contributed by atoms with Crippen molar-refractivity contribution in [3.05, 3.63) is 164 Å². The standard InChI is InChI=1S/C24H25FN6.C6H7N.C4H8.C4H6.C2H4/c1-16(28-20-9-6-18(13-26)22(12-20)27-2)24-21-15-30(3)11-10-23(21)31(29-24)14-17-4-7-19(25)8-5-17;1-2-6-4-3-5-7-6;2*1-3-4-2;1-2/h4-9,12,27-28H,1,10-11,14-15H2,2-3H3;2-5,7H,1H2;3-4H,1-2H3;3-4H,1-2H2;1-2H2/b;;4-3-;;. The number of benzene rings is 2. The van der Waals surface area contributed by atoms with Gasteiger partial charge in [-0.1, -0.05) is 62.8 Å². The Bertz CT molecular complexity index is 1630. The van der Waals surface area contributed by atoms with Crippen LogP contribution in [-0.4, -0.2) is 40.3 Å². The van der Waals surface area contributed by atoms with E-state index in [0.717, 1.165) is 53.4 Å². The monoisotopic (exact) mass is 647 g/mol. The first-order valence-corrected chi connectivity index (χ1v) is 15.5. The number of hydrogen-bond donors (Lipinski definition) is 3. The molecular formula is C40H50FN7. The summed E-state index contributed by atoms with van der Waals surface area (Å²) in [4.78, 5) is 5.24. The Morgan fingerprint density at radius 1 is 1.06 bits per heavy atom. The highest BCUT2D eigenvalue weighted by atomic mass is 19.1. The van der Waals surface area contributed by atoms with Crippen LogP contribution in [0.25, 0.3) is 11.8 Å². The zero-order valence-corrected chi connectivity index (χ0v) is 28.9. The van der Waals surface area contributed by atoms with Gasteiger partial charge in [0.15, 0.2) is 0 Å². The second-order valence-electron chi connectivity index (χ2n) is 10.2. The fourth-order valence-electron chi connectivity index (χ4n) is 4.39. The molecule has 48 heavy (non-hydrogen) atoms. The molecule has 8 heteroatoms. The molecule has 7 nitrogen and oxygen atoms in total. The van der Waals surface area contributed by atoms with E-state index in [-0.39, 0.29) is 5.82 Å². The first-order valence-electron chi connectivity index (χ1n) is 15.5. The lowest BCUT2D eigenvalue weighted by Crippen LogP contribution is -2.28. The maximum atomic E-state index is 13.3. The smallest absolute Gasteiger partial charge is 0.123 e. The summed E-state index contributed by atoms with van der Waals surface area (Å²) in [6, 6.07) is 18.1. The molecule has 0 saturated heterocycles. The summed E-state index contributed by atoms with van der Waals surface area (Å²) in [7, 11) is 3.89. The molecule has 1 aliphatic rings.